The van der Waals surface area contributed by atoms with Gasteiger partial charge in [0, 0.05) is 43.2 Å². The van der Waals surface area contributed by atoms with Crippen molar-refractivity contribution in [1.29, 1.82) is 0 Å². The summed E-state index contributed by atoms with van der Waals surface area (Å²) in [6.45, 7) is 14.1. The molecule has 9 nitrogen and oxygen atoms in total. The van der Waals surface area contributed by atoms with Gasteiger partial charge in [0.25, 0.3) is 0 Å². The third-order valence-electron chi connectivity index (χ3n) is 10.4. The number of anilines is 1. The molecule has 0 bridgehead atoms. The van der Waals surface area contributed by atoms with Crippen LogP contribution in [0.15, 0.2) is 83.1 Å². The molecule has 3 unspecified atom stereocenters. The Labute approximate surface area is 304 Å². The smallest absolute Gasteiger partial charge is 0.227 e. The summed E-state index contributed by atoms with van der Waals surface area (Å²) >= 11 is 0. The van der Waals surface area contributed by atoms with Gasteiger partial charge in [-0.1, -0.05) is 106 Å². The molecule has 2 aliphatic rings. The number of hydrogen-bond acceptors (Lipinski definition) is 6. The van der Waals surface area contributed by atoms with Crippen molar-refractivity contribution in [2.75, 3.05) is 18.5 Å². The van der Waals surface area contributed by atoms with Crippen LogP contribution in [-0.2, 0) is 27.3 Å². The van der Waals surface area contributed by atoms with Crippen LogP contribution in [0.2, 0.25) is 0 Å². The van der Waals surface area contributed by atoms with Gasteiger partial charge in [0.05, 0.1) is 12.5 Å². The van der Waals surface area contributed by atoms with E-state index in [-0.39, 0.29) is 59.5 Å². The van der Waals surface area contributed by atoms with Crippen LogP contribution in [0.1, 0.15) is 126 Å². The minimum atomic E-state index is -0.339. The van der Waals surface area contributed by atoms with E-state index >= 15 is 0 Å². The molecule has 3 atom stereocenters. The van der Waals surface area contributed by atoms with Crippen molar-refractivity contribution in [3.05, 3.63) is 101 Å². The summed E-state index contributed by atoms with van der Waals surface area (Å²) in [5, 5.41) is 17.7. The second kappa shape index (κ2) is 16.2. The van der Waals surface area contributed by atoms with E-state index in [0.717, 1.165) is 60.0 Å². The van der Waals surface area contributed by atoms with Gasteiger partial charge in [0.15, 0.2) is 0 Å². The Morgan fingerprint density at radius 1 is 0.902 bits per heavy atom. The molecule has 9 heteroatoms. The lowest BCUT2D eigenvalue weighted by atomic mass is 9.82. The first-order chi connectivity index (χ1) is 24.3. The molecule has 0 aliphatic carbocycles. The Kier molecular flexibility index (Phi) is 12.0. The fourth-order valence-electron chi connectivity index (χ4n) is 7.45. The molecule has 3 aromatic carbocycles. The summed E-state index contributed by atoms with van der Waals surface area (Å²) < 4.78 is 0. The van der Waals surface area contributed by atoms with Crippen LogP contribution in [0.3, 0.4) is 0 Å². The maximum atomic E-state index is 13.6. The average molecular weight is 693 g/mol. The highest BCUT2D eigenvalue weighted by atomic mass is 16.2. The van der Waals surface area contributed by atoms with Gasteiger partial charge in [-0.05, 0) is 73.8 Å². The number of fused-ring (bicyclic) bond motifs is 5. The lowest BCUT2D eigenvalue weighted by molar-refractivity contribution is -0.125. The molecule has 0 radical (unpaired) electrons. The molecule has 0 saturated heterocycles. The number of benzene rings is 3. The van der Waals surface area contributed by atoms with Crippen molar-refractivity contribution >= 4 is 23.4 Å². The number of aryl methyl sites for hydroxylation is 1. The van der Waals surface area contributed by atoms with Crippen LogP contribution in [-0.4, -0.2) is 41.9 Å². The van der Waals surface area contributed by atoms with E-state index in [1.807, 2.05) is 43.3 Å². The molecule has 0 aromatic heterocycles. The topological polar surface area (TPSA) is 106 Å². The quantitative estimate of drug-likeness (QED) is 0.177. The van der Waals surface area contributed by atoms with E-state index < -0.39 is 0 Å². The molecule has 51 heavy (non-hydrogen) atoms. The summed E-state index contributed by atoms with van der Waals surface area (Å²) in [5.41, 5.74) is 5.86. The van der Waals surface area contributed by atoms with Gasteiger partial charge < -0.3 is 15.5 Å². The molecule has 2 aliphatic heterocycles. The fourth-order valence-corrected chi connectivity index (χ4v) is 7.45. The Morgan fingerprint density at radius 3 is 2.29 bits per heavy atom. The lowest BCUT2D eigenvalue weighted by Gasteiger charge is -2.38. The van der Waals surface area contributed by atoms with Crippen molar-refractivity contribution in [3.63, 3.8) is 0 Å². The first-order valence-electron chi connectivity index (χ1n) is 18.6. The molecule has 0 spiro atoms. The number of amides is 3. The first-order valence-corrected chi connectivity index (χ1v) is 18.6. The minimum absolute atomic E-state index is 0.0565. The number of nitrogens with one attached hydrogen (secondary N) is 2. The zero-order valence-corrected chi connectivity index (χ0v) is 31.5. The van der Waals surface area contributed by atoms with Gasteiger partial charge in [-0.15, -0.1) is 0 Å². The van der Waals surface area contributed by atoms with Gasteiger partial charge in [0.2, 0.25) is 17.7 Å². The van der Waals surface area contributed by atoms with Crippen molar-refractivity contribution < 1.29 is 14.4 Å². The van der Waals surface area contributed by atoms with Crippen molar-refractivity contribution in [2.45, 2.75) is 117 Å². The van der Waals surface area contributed by atoms with Gasteiger partial charge in [-0.3, -0.25) is 19.4 Å². The van der Waals surface area contributed by atoms with Crippen LogP contribution in [0.25, 0.3) is 0 Å². The second-order valence-electron chi connectivity index (χ2n) is 15.7. The van der Waals surface area contributed by atoms with Crippen LogP contribution < -0.4 is 15.5 Å². The predicted molar refractivity (Wildman–Crippen MR) is 203 cm³/mol. The fraction of sp³-hybridized carbons (Fsp3) is 0.500. The summed E-state index contributed by atoms with van der Waals surface area (Å²) in [4.78, 5) is 40.7. The highest BCUT2D eigenvalue weighted by Gasteiger charge is 2.42. The number of para-hydroxylation sites is 1. The number of nitrogens with zero attached hydrogens (tertiary/aromatic N) is 4. The molecule has 0 saturated carbocycles. The first kappa shape index (κ1) is 37.7. The summed E-state index contributed by atoms with van der Waals surface area (Å²) in [7, 11) is 1.59. The highest BCUT2D eigenvalue weighted by Crippen LogP contribution is 2.49. The normalized spacial score (nSPS) is 17.5. The Morgan fingerprint density at radius 2 is 1.59 bits per heavy atom. The maximum absolute atomic E-state index is 13.6. The summed E-state index contributed by atoms with van der Waals surface area (Å²) in [6, 6.07) is 24.3. The largest absolute Gasteiger partial charge is 0.359 e. The van der Waals surface area contributed by atoms with Gasteiger partial charge in [0.1, 0.15) is 12.1 Å². The molecule has 0 fully saturated rings. The van der Waals surface area contributed by atoms with Crippen molar-refractivity contribution in [3.8, 4) is 0 Å². The Hall–Kier alpha value is -4.53. The molecule has 2 N–H and O–H groups in total. The zero-order valence-electron chi connectivity index (χ0n) is 31.5. The van der Waals surface area contributed by atoms with E-state index in [9.17, 15) is 14.4 Å². The van der Waals surface area contributed by atoms with Crippen LogP contribution in [0.5, 0.6) is 0 Å². The summed E-state index contributed by atoms with van der Waals surface area (Å²) in [5.74, 6) is -0.407. The van der Waals surface area contributed by atoms with E-state index in [4.69, 9.17) is 10.3 Å². The molecule has 3 amide bonds. The standard InChI is InChI=1S/C42H56N6O3/c1-8-14-30-19-21-31(22-20-30)29(2)40(51)44-42(5,6)26-13-25-41(3,4)28-48-39-33-16-10-9-15-32(33)27-47(37(50)24-23-36(49)43-7)35-18-12-11-17-34(35)38(39)45-46-48/h9-12,15-22,29,38-39H,8,13-14,23-28H2,1-7H3,(H,43,49)(H,44,51). The summed E-state index contributed by atoms with van der Waals surface area (Å²) in [6.07, 6.45) is 5.19. The van der Waals surface area contributed by atoms with Crippen LogP contribution in [0, 0.1) is 5.41 Å². The molecule has 2 heterocycles. The van der Waals surface area contributed by atoms with Crippen molar-refractivity contribution in [1.82, 2.24) is 15.6 Å². The molecular formula is C42H56N6O3. The van der Waals surface area contributed by atoms with Gasteiger partial charge in [-0.2, -0.15) is 5.11 Å². The Balaban J connectivity index is 1.25. The molecular weight excluding hydrogens is 637 g/mol. The second-order valence-corrected chi connectivity index (χ2v) is 15.7. The van der Waals surface area contributed by atoms with E-state index in [0.29, 0.717) is 13.1 Å². The average Bonchev–Trinajstić information content (AvgIpc) is 3.50. The SMILES string of the molecule is CCCc1ccc(C(C)C(=O)NC(C)(C)CCCC(C)(C)CN2N=NC3c4ccccc4N(C(=O)CCC(=O)NC)Cc4ccccc4C32)cc1. The highest BCUT2D eigenvalue weighted by molar-refractivity contribution is 5.96. The van der Waals surface area contributed by atoms with E-state index in [1.165, 1.54) is 5.56 Å². The monoisotopic (exact) mass is 692 g/mol. The van der Waals surface area contributed by atoms with Crippen molar-refractivity contribution in [2.24, 2.45) is 15.8 Å². The van der Waals surface area contributed by atoms with Gasteiger partial charge in [-0.25, -0.2) is 0 Å². The van der Waals surface area contributed by atoms with Gasteiger partial charge >= 0.3 is 0 Å². The maximum Gasteiger partial charge on any atom is 0.227 e. The Bertz CT molecular complexity index is 1720. The lowest BCUT2D eigenvalue weighted by Crippen LogP contribution is -2.45. The van der Waals surface area contributed by atoms with Crippen LogP contribution >= 0.6 is 0 Å². The molecule has 272 valence electrons. The van der Waals surface area contributed by atoms with E-state index in [1.54, 1.807) is 11.9 Å². The third kappa shape index (κ3) is 9.23. The van der Waals surface area contributed by atoms with E-state index in [2.05, 4.69) is 86.7 Å². The number of carbonyl (C=O) groups excluding carboxylic acids is 3. The minimum Gasteiger partial charge on any atom is -0.359 e. The third-order valence-corrected chi connectivity index (χ3v) is 10.4. The number of carbonyl (C=O) groups is 3. The number of hydrogen-bond donors (Lipinski definition) is 2. The predicted octanol–water partition coefficient (Wildman–Crippen LogP) is 8.37. The zero-order chi connectivity index (χ0) is 36.8. The molecule has 3 aromatic rings. The molecule has 5 rings (SSSR count). The van der Waals surface area contributed by atoms with Crippen LogP contribution in [0.4, 0.5) is 5.69 Å². The number of rotatable bonds is 14.